The zero-order chi connectivity index (χ0) is 14.3. The van der Waals surface area contributed by atoms with Crippen LogP contribution >= 0.6 is 11.8 Å². The van der Waals surface area contributed by atoms with Crippen molar-refractivity contribution in [1.82, 2.24) is 10.6 Å². The molecule has 0 spiro atoms. The number of rotatable bonds is 6. The summed E-state index contributed by atoms with van der Waals surface area (Å²) >= 11 is 2.05. The van der Waals surface area contributed by atoms with Crippen LogP contribution in [0.2, 0.25) is 0 Å². The second kappa shape index (κ2) is 7.62. The summed E-state index contributed by atoms with van der Waals surface area (Å²) in [6.45, 7) is 7.02. The van der Waals surface area contributed by atoms with E-state index in [2.05, 4.69) is 24.5 Å². The van der Waals surface area contributed by atoms with E-state index in [1.165, 1.54) is 18.6 Å². The van der Waals surface area contributed by atoms with Gasteiger partial charge in [0.25, 0.3) is 0 Å². The highest BCUT2D eigenvalue weighted by Gasteiger charge is 2.29. The molecule has 4 nitrogen and oxygen atoms in total. The molecule has 0 bridgehead atoms. The topological polar surface area (TPSA) is 49.6 Å². The first kappa shape index (κ1) is 15.3. The zero-order valence-corrected chi connectivity index (χ0v) is 13.3. The van der Waals surface area contributed by atoms with Crippen molar-refractivity contribution in [2.24, 2.45) is 4.99 Å². The molecule has 2 N–H and O–H groups in total. The number of nitrogens with zero attached hydrogens (tertiary/aromatic N) is 1. The van der Waals surface area contributed by atoms with Gasteiger partial charge in [0, 0.05) is 24.3 Å². The smallest absolute Gasteiger partial charge is 0.191 e. The van der Waals surface area contributed by atoms with Gasteiger partial charge in [-0.05, 0) is 44.6 Å². The van der Waals surface area contributed by atoms with Crippen LogP contribution in [0.1, 0.15) is 32.4 Å². The van der Waals surface area contributed by atoms with Gasteiger partial charge in [-0.25, -0.2) is 0 Å². The fourth-order valence-electron chi connectivity index (χ4n) is 2.31. The maximum absolute atomic E-state index is 5.33. The lowest BCUT2D eigenvalue weighted by molar-refractivity contribution is 0.506. The molecule has 1 unspecified atom stereocenters. The first-order valence-corrected chi connectivity index (χ1v) is 8.39. The van der Waals surface area contributed by atoms with Crippen molar-refractivity contribution >= 4 is 17.7 Å². The highest BCUT2D eigenvalue weighted by Crippen LogP contribution is 2.37. The highest BCUT2D eigenvalue weighted by molar-refractivity contribution is 8.00. The molecule has 1 aromatic rings. The Morgan fingerprint density at radius 3 is 3.05 bits per heavy atom. The van der Waals surface area contributed by atoms with Crippen molar-refractivity contribution in [2.75, 3.05) is 25.4 Å². The van der Waals surface area contributed by atoms with Crippen LogP contribution in [0.3, 0.4) is 0 Å². The lowest BCUT2D eigenvalue weighted by atomic mass is 10.1. The van der Waals surface area contributed by atoms with E-state index < -0.39 is 0 Å². The van der Waals surface area contributed by atoms with Gasteiger partial charge in [-0.3, -0.25) is 4.99 Å². The predicted octanol–water partition coefficient (Wildman–Crippen LogP) is 2.66. The van der Waals surface area contributed by atoms with Crippen LogP contribution < -0.4 is 10.6 Å². The van der Waals surface area contributed by atoms with E-state index in [0.29, 0.717) is 4.75 Å². The first-order valence-electron chi connectivity index (χ1n) is 7.40. The van der Waals surface area contributed by atoms with E-state index in [-0.39, 0.29) is 0 Å². The van der Waals surface area contributed by atoms with Crippen LogP contribution in [0.15, 0.2) is 27.8 Å². The average Bonchev–Trinajstić information content (AvgIpc) is 3.08. The molecule has 0 aliphatic carbocycles. The second-order valence-corrected chi connectivity index (χ2v) is 7.04. The Bertz CT molecular complexity index is 411. The summed E-state index contributed by atoms with van der Waals surface area (Å²) in [5, 5.41) is 6.67. The van der Waals surface area contributed by atoms with Crippen LogP contribution in [-0.2, 0) is 6.42 Å². The van der Waals surface area contributed by atoms with Crippen molar-refractivity contribution in [3.05, 3.63) is 24.2 Å². The standard InChI is InChI=1S/C15H25N3OS/c1-3-16-14(17-9-7-13-6-4-10-19-13)18-12-15(2)8-5-11-20-15/h4,6,10H,3,5,7-9,11-12H2,1-2H3,(H2,16,17,18). The van der Waals surface area contributed by atoms with Gasteiger partial charge in [0.15, 0.2) is 5.96 Å². The molecule has 0 saturated carbocycles. The molecular formula is C15H25N3OS. The number of furan rings is 1. The van der Waals surface area contributed by atoms with Crippen LogP contribution in [0.25, 0.3) is 0 Å². The molecule has 2 heterocycles. The Balaban J connectivity index is 1.79. The van der Waals surface area contributed by atoms with Crippen LogP contribution in [0.5, 0.6) is 0 Å². The van der Waals surface area contributed by atoms with Crippen molar-refractivity contribution in [3.63, 3.8) is 0 Å². The number of thioether (sulfide) groups is 1. The summed E-state index contributed by atoms with van der Waals surface area (Å²) in [5.74, 6) is 3.19. The fraction of sp³-hybridized carbons (Fsp3) is 0.667. The summed E-state index contributed by atoms with van der Waals surface area (Å²) < 4.78 is 5.65. The number of guanidine groups is 1. The molecule has 112 valence electrons. The van der Waals surface area contributed by atoms with E-state index in [4.69, 9.17) is 9.41 Å². The van der Waals surface area contributed by atoms with Crippen molar-refractivity contribution in [3.8, 4) is 0 Å². The number of hydrogen-bond donors (Lipinski definition) is 2. The summed E-state index contributed by atoms with van der Waals surface area (Å²) in [7, 11) is 0. The number of nitrogens with one attached hydrogen (secondary N) is 2. The highest BCUT2D eigenvalue weighted by atomic mass is 32.2. The molecule has 1 aliphatic rings. The van der Waals surface area contributed by atoms with Gasteiger partial charge in [-0.1, -0.05) is 0 Å². The second-order valence-electron chi connectivity index (χ2n) is 5.35. The quantitative estimate of drug-likeness (QED) is 0.626. The largest absolute Gasteiger partial charge is 0.469 e. The Morgan fingerprint density at radius 1 is 1.50 bits per heavy atom. The van der Waals surface area contributed by atoms with Crippen molar-refractivity contribution in [2.45, 2.75) is 37.9 Å². The Labute approximate surface area is 125 Å². The third-order valence-electron chi connectivity index (χ3n) is 3.46. The predicted molar refractivity (Wildman–Crippen MR) is 86.5 cm³/mol. The minimum absolute atomic E-state index is 0.323. The van der Waals surface area contributed by atoms with Gasteiger partial charge < -0.3 is 15.1 Å². The maximum atomic E-state index is 5.33. The SMILES string of the molecule is CCNC(=NCC1(C)CCCS1)NCCc1ccco1. The molecule has 1 aromatic heterocycles. The third kappa shape index (κ3) is 4.78. The van der Waals surface area contributed by atoms with Crippen LogP contribution in [-0.4, -0.2) is 36.1 Å². The minimum atomic E-state index is 0.323. The summed E-state index contributed by atoms with van der Waals surface area (Å²) in [6.07, 6.45) is 5.18. The maximum Gasteiger partial charge on any atom is 0.191 e. The van der Waals surface area contributed by atoms with Crippen LogP contribution in [0.4, 0.5) is 0 Å². The first-order chi connectivity index (χ1) is 9.72. The molecule has 1 fully saturated rings. The van der Waals surface area contributed by atoms with E-state index in [9.17, 15) is 0 Å². The monoisotopic (exact) mass is 295 g/mol. The van der Waals surface area contributed by atoms with Crippen molar-refractivity contribution < 1.29 is 4.42 Å². The Morgan fingerprint density at radius 2 is 2.40 bits per heavy atom. The van der Waals surface area contributed by atoms with Gasteiger partial charge in [-0.2, -0.15) is 11.8 Å². The molecule has 2 rings (SSSR count). The number of aliphatic imine (C=N–C) groups is 1. The van der Waals surface area contributed by atoms with Crippen LogP contribution in [0, 0.1) is 0 Å². The summed E-state index contributed by atoms with van der Waals surface area (Å²) in [6, 6.07) is 3.93. The van der Waals surface area contributed by atoms with E-state index in [1.54, 1.807) is 6.26 Å². The molecule has 1 aliphatic heterocycles. The van der Waals surface area contributed by atoms with Gasteiger partial charge in [0.2, 0.25) is 0 Å². The molecule has 0 radical (unpaired) electrons. The molecule has 0 aromatic carbocycles. The normalized spacial score (nSPS) is 23.0. The van der Waals surface area contributed by atoms with Gasteiger partial charge >= 0.3 is 0 Å². The van der Waals surface area contributed by atoms with E-state index >= 15 is 0 Å². The fourth-order valence-corrected chi connectivity index (χ4v) is 3.53. The number of hydrogen-bond acceptors (Lipinski definition) is 3. The average molecular weight is 295 g/mol. The third-order valence-corrected chi connectivity index (χ3v) is 4.98. The zero-order valence-electron chi connectivity index (χ0n) is 12.4. The Kier molecular flexibility index (Phi) is 5.83. The Hall–Kier alpha value is -1.10. The summed E-state index contributed by atoms with van der Waals surface area (Å²) in [4.78, 5) is 4.73. The van der Waals surface area contributed by atoms with E-state index in [1.807, 2.05) is 23.9 Å². The minimum Gasteiger partial charge on any atom is -0.469 e. The molecule has 0 amide bonds. The molecule has 20 heavy (non-hydrogen) atoms. The van der Waals surface area contributed by atoms with Crippen molar-refractivity contribution in [1.29, 1.82) is 0 Å². The molecular weight excluding hydrogens is 270 g/mol. The molecule has 1 saturated heterocycles. The van der Waals surface area contributed by atoms with E-state index in [0.717, 1.165) is 37.8 Å². The lowest BCUT2D eigenvalue weighted by Crippen LogP contribution is -2.39. The summed E-state index contributed by atoms with van der Waals surface area (Å²) in [5.41, 5.74) is 0. The van der Waals surface area contributed by atoms with Gasteiger partial charge in [0.1, 0.15) is 5.76 Å². The van der Waals surface area contributed by atoms with Gasteiger partial charge in [0.05, 0.1) is 12.8 Å². The lowest BCUT2D eigenvalue weighted by Gasteiger charge is -2.21. The molecule has 5 heteroatoms. The van der Waals surface area contributed by atoms with Gasteiger partial charge in [-0.15, -0.1) is 0 Å². The molecule has 1 atom stereocenters.